The quantitative estimate of drug-likeness (QED) is 0.701. The SMILES string of the molecule is CSCCC(NC(=O)Cc1ccccc1)C(=O)N1CCC(C)(CN)C1.Cl. The number of rotatable bonds is 8. The first kappa shape index (κ1) is 22.8. The van der Waals surface area contributed by atoms with Gasteiger partial charge in [-0.05, 0) is 42.4 Å². The summed E-state index contributed by atoms with van der Waals surface area (Å²) >= 11 is 1.68. The molecular formula is C19H30ClN3O2S. The monoisotopic (exact) mass is 399 g/mol. The lowest BCUT2D eigenvalue weighted by atomic mass is 9.90. The number of likely N-dealkylation sites (tertiary alicyclic amines) is 1. The van der Waals surface area contributed by atoms with Crippen LogP contribution >= 0.6 is 24.2 Å². The normalized spacial score (nSPS) is 20.3. The summed E-state index contributed by atoms with van der Waals surface area (Å²) in [5.41, 5.74) is 6.79. The minimum Gasteiger partial charge on any atom is -0.344 e. The summed E-state index contributed by atoms with van der Waals surface area (Å²) < 4.78 is 0. The Hall–Kier alpha value is -1.24. The third kappa shape index (κ3) is 6.49. The van der Waals surface area contributed by atoms with Gasteiger partial charge in [0.25, 0.3) is 0 Å². The molecule has 1 aliphatic rings. The van der Waals surface area contributed by atoms with Crippen LogP contribution in [0.1, 0.15) is 25.3 Å². The number of carbonyl (C=O) groups is 2. The number of hydrogen-bond donors (Lipinski definition) is 2. The molecule has 0 bridgehead atoms. The Morgan fingerprint density at radius 1 is 1.35 bits per heavy atom. The first-order valence-electron chi connectivity index (χ1n) is 8.78. The van der Waals surface area contributed by atoms with Crippen LogP contribution < -0.4 is 11.1 Å². The summed E-state index contributed by atoms with van der Waals surface area (Å²) in [7, 11) is 0. The molecule has 2 rings (SSSR count). The number of nitrogens with zero attached hydrogens (tertiary/aromatic N) is 1. The van der Waals surface area contributed by atoms with Gasteiger partial charge in [-0.2, -0.15) is 11.8 Å². The maximum absolute atomic E-state index is 12.9. The van der Waals surface area contributed by atoms with E-state index in [2.05, 4.69) is 12.2 Å². The van der Waals surface area contributed by atoms with Gasteiger partial charge >= 0.3 is 0 Å². The van der Waals surface area contributed by atoms with Crippen molar-refractivity contribution >= 4 is 36.0 Å². The van der Waals surface area contributed by atoms with E-state index in [1.54, 1.807) is 11.8 Å². The second-order valence-electron chi connectivity index (χ2n) is 7.09. The number of carbonyl (C=O) groups excluding carboxylic acids is 2. The van der Waals surface area contributed by atoms with Crippen molar-refractivity contribution in [2.45, 2.75) is 32.2 Å². The van der Waals surface area contributed by atoms with Crippen molar-refractivity contribution < 1.29 is 9.59 Å². The van der Waals surface area contributed by atoms with E-state index in [0.717, 1.165) is 24.3 Å². The zero-order valence-corrected chi connectivity index (χ0v) is 17.2. The molecule has 1 heterocycles. The minimum absolute atomic E-state index is 0. The first-order valence-corrected chi connectivity index (χ1v) is 10.2. The highest BCUT2D eigenvalue weighted by Crippen LogP contribution is 2.29. The summed E-state index contributed by atoms with van der Waals surface area (Å²) in [6, 6.07) is 9.14. The van der Waals surface area contributed by atoms with Gasteiger partial charge in [-0.15, -0.1) is 12.4 Å². The van der Waals surface area contributed by atoms with Crippen LogP contribution in [0.3, 0.4) is 0 Å². The third-order valence-electron chi connectivity index (χ3n) is 4.81. The van der Waals surface area contributed by atoms with E-state index >= 15 is 0 Å². The molecular weight excluding hydrogens is 370 g/mol. The number of thioether (sulfide) groups is 1. The first-order chi connectivity index (χ1) is 12.0. The average molecular weight is 400 g/mol. The van der Waals surface area contributed by atoms with Crippen LogP contribution in [-0.2, 0) is 16.0 Å². The van der Waals surface area contributed by atoms with Crippen molar-refractivity contribution in [3.8, 4) is 0 Å². The molecule has 3 N–H and O–H groups in total. The summed E-state index contributed by atoms with van der Waals surface area (Å²) in [5, 5.41) is 2.95. The molecule has 2 amide bonds. The molecule has 2 unspecified atom stereocenters. The molecule has 1 aliphatic heterocycles. The van der Waals surface area contributed by atoms with Crippen LogP contribution in [0.5, 0.6) is 0 Å². The summed E-state index contributed by atoms with van der Waals surface area (Å²) in [6.07, 6.45) is 3.87. The van der Waals surface area contributed by atoms with Crippen LogP contribution in [0, 0.1) is 5.41 Å². The van der Waals surface area contributed by atoms with E-state index in [1.165, 1.54) is 0 Å². The lowest BCUT2D eigenvalue weighted by molar-refractivity contribution is -0.135. The van der Waals surface area contributed by atoms with E-state index in [4.69, 9.17) is 5.73 Å². The number of amides is 2. The zero-order chi connectivity index (χ0) is 18.3. The van der Waals surface area contributed by atoms with Crippen molar-refractivity contribution in [2.24, 2.45) is 11.1 Å². The Morgan fingerprint density at radius 2 is 2.04 bits per heavy atom. The van der Waals surface area contributed by atoms with E-state index in [-0.39, 0.29) is 29.6 Å². The van der Waals surface area contributed by atoms with Crippen molar-refractivity contribution in [1.29, 1.82) is 0 Å². The molecule has 5 nitrogen and oxygen atoms in total. The van der Waals surface area contributed by atoms with Gasteiger partial charge in [0.05, 0.1) is 6.42 Å². The Kier molecular flexibility index (Phi) is 9.47. The highest BCUT2D eigenvalue weighted by Gasteiger charge is 2.37. The topological polar surface area (TPSA) is 75.4 Å². The van der Waals surface area contributed by atoms with Crippen molar-refractivity contribution in [3.05, 3.63) is 35.9 Å². The van der Waals surface area contributed by atoms with E-state index in [9.17, 15) is 9.59 Å². The molecule has 1 aromatic carbocycles. The van der Waals surface area contributed by atoms with E-state index in [0.29, 0.717) is 25.9 Å². The number of hydrogen-bond acceptors (Lipinski definition) is 4. The van der Waals surface area contributed by atoms with Crippen molar-refractivity contribution in [3.63, 3.8) is 0 Å². The van der Waals surface area contributed by atoms with Gasteiger partial charge in [-0.1, -0.05) is 37.3 Å². The predicted molar refractivity (Wildman–Crippen MR) is 111 cm³/mol. The summed E-state index contributed by atoms with van der Waals surface area (Å²) in [4.78, 5) is 27.1. The third-order valence-corrected chi connectivity index (χ3v) is 5.46. The maximum atomic E-state index is 12.9. The van der Waals surface area contributed by atoms with E-state index in [1.807, 2.05) is 41.5 Å². The summed E-state index contributed by atoms with van der Waals surface area (Å²) in [5.74, 6) is 0.753. The number of halogens is 1. The molecule has 2 atom stereocenters. The fourth-order valence-corrected chi connectivity index (χ4v) is 3.59. The maximum Gasteiger partial charge on any atom is 0.245 e. The molecule has 1 aromatic rings. The Balaban J connectivity index is 0.00000338. The number of benzene rings is 1. The molecule has 0 aromatic heterocycles. The second-order valence-corrected chi connectivity index (χ2v) is 8.07. The second kappa shape index (κ2) is 10.8. The Bertz CT molecular complexity index is 587. The molecule has 146 valence electrons. The standard InChI is InChI=1S/C19H29N3O2S.ClH/c1-19(13-20)9-10-22(14-19)18(24)16(8-11-25-2)21-17(23)12-15-6-4-3-5-7-15;/h3-7,16H,8-14,20H2,1-2H3,(H,21,23);1H. The van der Waals surface area contributed by atoms with Crippen LogP contribution in [0.2, 0.25) is 0 Å². The largest absolute Gasteiger partial charge is 0.344 e. The smallest absolute Gasteiger partial charge is 0.245 e. The highest BCUT2D eigenvalue weighted by atomic mass is 35.5. The molecule has 0 spiro atoms. The Morgan fingerprint density at radius 3 is 2.62 bits per heavy atom. The Labute approximate surface area is 166 Å². The average Bonchev–Trinajstić information content (AvgIpc) is 3.02. The van der Waals surface area contributed by atoms with Gasteiger partial charge in [0, 0.05) is 13.1 Å². The van der Waals surface area contributed by atoms with Crippen molar-refractivity contribution in [2.75, 3.05) is 31.6 Å². The lowest BCUT2D eigenvalue weighted by Crippen LogP contribution is -2.49. The fraction of sp³-hybridized carbons (Fsp3) is 0.579. The predicted octanol–water partition coefficient (Wildman–Crippen LogP) is 2.09. The molecule has 1 fully saturated rings. The summed E-state index contributed by atoms with van der Waals surface area (Å²) in [6.45, 7) is 4.08. The van der Waals surface area contributed by atoms with Crippen LogP contribution in [-0.4, -0.2) is 54.4 Å². The van der Waals surface area contributed by atoms with Gasteiger partial charge in [-0.3, -0.25) is 9.59 Å². The van der Waals surface area contributed by atoms with Crippen LogP contribution in [0.15, 0.2) is 30.3 Å². The molecule has 0 aliphatic carbocycles. The van der Waals surface area contributed by atoms with Gasteiger partial charge in [0.15, 0.2) is 0 Å². The van der Waals surface area contributed by atoms with Gasteiger partial charge < -0.3 is 16.0 Å². The fourth-order valence-electron chi connectivity index (χ4n) is 3.12. The molecule has 26 heavy (non-hydrogen) atoms. The number of nitrogens with two attached hydrogens (primary N) is 1. The van der Waals surface area contributed by atoms with Crippen LogP contribution in [0.4, 0.5) is 0 Å². The van der Waals surface area contributed by atoms with Gasteiger partial charge in [-0.25, -0.2) is 0 Å². The van der Waals surface area contributed by atoms with Gasteiger partial charge in [0.1, 0.15) is 6.04 Å². The molecule has 0 saturated carbocycles. The lowest BCUT2D eigenvalue weighted by Gasteiger charge is -2.26. The molecule has 0 radical (unpaired) electrons. The van der Waals surface area contributed by atoms with Crippen LogP contribution in [0.25, 0.3) is 0 Å². The zero-order valence-electron chi connectivity index (χ0n) is 15.6. The van der Waals surface area contributed by atoms with E-state index < -0.39 is 6.04 Å². The van der Waals surface area contributed by atoms with Gasteiger partial charge in [0.2, 0.25) is 11.8 Å². The minimum atomic E-state index is -0.455. The number of nitrogens with one attached hydrogen (secondary N) is 1. The molecule has 7 heteroatoms. The molecule has 1 saturated heterocycles. The van der Waals surface area contributed by atoms with Crippen molar-refractivity contribution in [1.82, 2.24) is 10.2 Å². The highest BCUT2D eigenvalue weighted by molar-refractivity contribution is 7.98.